The molecule has 1 atom stereocenters. The molecule has 1 fully saturated rings. The van der Waals surface area contributed by atoms with Crippen molar-refractivity contribution in [3.63, 3.8) is 0 Å². The third kappa shape index (κ3) is 10.2. The van der Waals surface area contributed by atoms with Crippen LogP contribution in [0.5, 0.6) is 0 Å². The molecule has 0 spiro atoms. The number of piperidine rings is 1. The zero-order valence-corrected chi connectivity index (χ0v) is 21.9. The van der Waals surface area contributed by atoms with Crippen molar-refractivity contribution >= 4 is 29.9 Å². The summed E-state index contributed by atoms with van der Waals surface area (Å²) >= 11 is 0. The molecule has 0 bridgehead atoms. The summed E-state index contributed by atoms with van der Waals surface area (Å²) < 4.78 is 44.4. The van der Waals surface area contributed by atoms with E-state index >= 15 is 0 Å². The highest BCUT2D eigenvalue weighted by atomic mass is 127. The molecule has 0 aliphatic carbocycles. The van der Waals surface area contributed by atoms with Gasteiger partial charge in [-0.05, 0) is 50.7 Å². The van der Waals surface area contributed by atoms with Crippen LogP contribution in [0.1, 0.15) is 57.1 Å². The molecule has 32 heavy (non-hydrogen) atoms. The van der Waals surface area contributed by atoms with Crippen molar-refractivity contribution in [2.75, 3.05) is 39.8 Å². The Hall–Kier alpha value is -1.07. The molecule has 1 heterocycles. The van der Waals surface area contributed by atoms with Crippen molar-refractivity contribution in [2.24, 2.45) is 4.99 Å². The third-order valence-corrected chi connectivity index (χ3v) is 5.66. The summed E-state index contributed by atoms with van der Waals surface area (Å²) in [5.74, 6) is 0.766. The molecule has 2 rings (SSSR count). The van der Waals surface area contributed by atoms with E-state index in [1.165, 1.54) is 12.1 Å². The number of nitrogens with zero attached hydrogens (tertiary/aromatic N) is 2. The van der Waals surface area contributed by atoms with Crippen LogP contribution in [0.15, 0.2) is 29.3 Å². The molecule has 0 amide bonds. The Balaban J connectivity index is 0.00000512. The fraction of sp³-hybridized carbons (Fsp3) is 0.696. The lowest BCUT2D eigenvalue weighted by Crippen LogP contribution is -2.49. The minimum absolute atomic E-state index is 0. The molecule has 2 N–H and O–H groups in total. The van der Waals surface area contributed by atoms with E-state index in [0.29, 0.717) is 18.2 Å². The van der Waals surface area contributed by atoms with Crippen molar-refractivity contribution in [1.29, 1.82) is 0 Å². The normalized spacial score (nSPS) is 17.2. The fourth-order valence-electron chi connectivity index (χ4n) is 3.70. The highest BCUT2D eigenvalue weighted by Crippen LogP contribution is 2.31. The minimum atomic E-state index is -4.31. The average Bonchev–Trinajstić information content (AvgIpc) is 2.73. The van der Waals surface area contributed by atoms with Gasteiger partial charge in [0.25, 0.3) is 0 Å². The van der Waals surface area contributed by atoms with E-state index in [0.717, 1.165) is 57.5 Å². The standard InChI is InChI=1S/C23H37F3N4O.HI/c1-17(2)31-15-14-30-12-9-21(10-13-30)29-22(27-4)28-11-8-18(3)19-6-5-7-20(16-19)23(24,25)26;/h5-7,16-18,21H,8-15H2,1-4H3,(H2,27,28,29);1H. The Morgan fingerprint density at radius 3 is 2.50 bits per heavy atom. The molecule has 0 aromatic heterocycles. The highest BCUT2D eigenvalue weighted by Gasteiger charge is 2.30. The largest absolute Gasteiger partial charge is 0.416 e. The molecular formula is C23H38F3IN4O. The number of hydrogen-bond acceptors (Lipinski definition) is 3. The summed E-state index contributed by atoms with van der Waals surface area (Å²) in [6.45, 7) is 10.5. The van der Waals surface area contributed by atoms with Crippen molar-refractivity contribution in [2.45, 2.75) is 64.3 Å². The third-order valence-electron chi connectivity index (χ3n) is 5.66. The van der Waals surface area contributed by atoms with Crippen molar-refractivity contribution in [1.82, 2.24) is 15.5 Å². The maximum absolute atomic E-state index is 12.9. The lowest BCUT2D eigenvalue weighted by atomic mass is 9.96. The van der Waals surface area contributed by atoms with E-state index in [4.69, 9.17) is 4.74 Å². The van der Waals surface area contributed by atoms with Gasteiger partial charge in [0.1, 0.15) is 0 Å². The second kappa shape index (κ2) is 14.2. The van der Waals surface area contributed by atoms with Crippen LogP contribution in [0.2, 0.25) is 0 Å². The van der Waals surface area contributed by atoms with Crippen molar-refractivity contribution < 1.29 is 17.9 Å². The SMILES string of the molecule is CN=C(NCCC(C)c1cccc(C(F)(F)F)c1)NC1CCN(CCOC(C)C)CC1.I. The molecule has 1 aliphatic rings. The topological polar surface area (TPSA) is 48.9 Å². The lowest BCUT2D eigenvalue weighted by Gasteiger charge is -2.33. The maximum atomic E-state index is 12.9. The number of halogens is 4. The molecule has 0 radical (unpaired) electrons. The predicted octanol–water partition coefficient (Wildman–Crippen LogP) is 4.87. The fourth-order valence-corrected chi connectivity index (χ4v) is 3.70. The van der Waals surface area contributed by atoms with Gasteiger partial charge in [-0.15, -0.1) is 24.0 Å². The minimum Gasteiger partial charge on any atom is -0.377 e. The number of ether oxygens (including phenoxy) is 1. The molecule has 1 aromatic carbocycles. The maximum Gasteiger partial charge on any atom is 0.416 e. The predicted molar refractivity (Wildman–Crippen MR) is 135 cm³/mol. The van der Waals surface area contributed by atoms with Crippen LogP contribution in [0.4, 0.5) is 13.2 Å². The van der Waals surface area contributed by atoms with Gasteiger partial charge in [0, 0.05) is 39.3 Å². The molecule has 1 unspecified atom stereocenters. The first kappa shape index (κ1) is 29.0. The summed E-state index contributed by atoms with van der Waals surface area (Å²) in [6, 6.07) is 5.96. The summed E-state index contributed by atoms with van der Waals surface area (Å²) in [5.41, 5.74) is 0.109. The van der Waals surface area contributed by atoms with Gasteiger partial charge < -0.3 is 20.3 Å². The first-order valence-electron chi connectivity index (χ1n) is 11.2. The summed E-state index contributed by atoms with van der Waals surface area (Å²) in [5, 5.41) is 6.78. The number of nitrogens with one attached hydrogen (secondary N) is 2. The first-order chi connectivity index (χ1) is 14.7. The van der Waals surface area contributed by atoms with Crippen LogP contribution in [0.25, 0.3) is 0 Å². The molecular weight excluding hydrogens is 532 g/mol. The number of likely N-dealkylation sites (tertiary alicyclic amines) is 1. The number of benzene rings is 1. The van der Waals surface area contributed by atoms with E-state index in [9.17, 15) is 13.2 Å². The van der Waals surface area contributed by atoms with Crippen LogP contribution < -0.4 is 10.6 Å². The second-order valence-corrected chi connectivity index (χ2v) is 8.49. The van der Waals surface area contributed by atoms with Gasteiger partial charge >= 0.3 is 6.18 Å². The van der Waals surface area contributed by atoms with Gasteiger partial charge in [-0.2, -0.15) is 13.2 Å². The Labute approximate surface area is 207 Å². The van der Waals surface area contributed by atoms with E-state index in [-0.39, 0.29) is 36.0 Å². The number of aliphatic imine (C=N–C) groups is 1. The quantitative estimate of drug-likeness (QED) is 0.253. The van der Waals surface area contributed by atoms with Gasteiger partial charge in [0.2, 0.25) is 0 Å². The molecule has 1 saturated heterocycles. The number of hydrogen-bond donors (Lipinski definition) is 2. The Bertz CT molecular complexity index is 692. The van der Waals surface area contributed by atoms with E-state index in [1.807, 2.05) is 6.92 Å². The number of alkyl halides is 3. The molecule has 9 heteroatoms. The van der Waals surface area contributed by atoms with Crippen molar-refractivity contribution in [3.8, 4) is 0 Å². The lowest BCUT2D eigenvalue weighted by molar-refractivity contribution is -0.137. The summed E-state index contributed by atoms with van der Waals surface area (Å²) in [4.78, 5) is 6.72. The Morgan fingerprint density at radius 2 is 1.91 bits per heavy atom. The molecule has 1 aliphatic heterocycles. The van der Waals surface area contributed by atoms with Crippen LogP contribution in [-0.2, 0) is 10.9 Å². The number of guanidine groups is 1. The first-order valence-corrected chi connectivity index (χ1v) is 11.2. The van der Waals surface area contributed by atoms with Crippen LogP contribution in [-0.4, -0.2) is 62.8 Å². The van der Waals surface area contributed by atoms with Gasteiger partial charge in [-0.3, -0.25) is 4.99 Å². The van der Waals surface area contributed by atoms with Crippen LogP contribution in [0.3, 0.4) is 0 Å². The van der Waals surface area contributed by atoms with Gasteiger partial charge in [-0.25, -0.2) is 0 Å². The Morgan fingerprint density at radius 1 is 1.22 bits per heavy atom. The monoisotopic (exact) mass is 570 g/mol. The zero-order chi connectivity index (χ0) is 22.9. The highest BCUT2D eigenvalue weighted by molar-refractivity contribution is 14.0. The van der Waals surface area contributed by atoms with E-state index in [1.54, 1.807) is 13.1 Å². The molecule has 1 aromatic rings. The Kier molecular flexibility index (Phi) is 12.9. The van der Waals surface area contributed by atoms with Crippen LogP contribution >= 0.6 is 24.0 Å². The van der Waals surface area contributed by atoms with Gasteiger partial charge in [0.05, 0.1) is 18.3 Å². The average molecular weight is 570 g/mol. The second-order valence-electron chi connectivity index (χ2n) is 8.49. The van der Waals surface area contributed by atoms with E-state index in [2.05, 4.69) is 34.4 Å². The van der Waals surface area contributed by atoms with E-state index < -0.39 is 11.7 Å². The van der Waals surface area contributed by atoms with Gasteiger partial charge in [0.15, 0.2) is 5.96 Å². The molecule has 184 valence electrons. The van der Waals surface area contributed by atoms with Crippen LogP contribution in [0, 0.1) is 0 Å². The smallest absolute Gasteiger partial charge is 0.377 e. The van der Waals surface area contributed by atoms with Gasteiger partial charge in [-0.1, -0.05) is 25.1 Å². The molecule has 5 nitrogen and oxygen atoms in total. The van der Waals surface area contributed by atoms with Crippen molar-refractivity contribution in [3.05, 3.63) is 35.4 Å². The summed E-state index contributed by atoms with van der Waals surface area (Å²) in [7, 11) is 1.74. The molecule has 0 saturated carbocycles. The number of rotatable bonds is 9. The zero-order valence-electron chi connectivity index (χ0n) is 19.5. The summed E-state index contributed by atoms with van der Waals surface area (Å²) in [6.07, 6.45) is -1.23.